The van der Waals surface area contributed by atoms with Gasteiger partial charge in [0.05, 0.1) is 0 Å². The standard InChI is InChI=1S/C16H22N2O3/c1-10(2)11(3)9-17-16(21)18-13-7-5-4-6-12(13)8-14(18)15(19)20/h4-7,10-11,14H,8-9H2,1-3H3,(H,17,21)(H,19,20). The Morgan fingerprint density at radius 3 is 2.62 bits per heavy atom. The van der Waals surface area contributed by atoms with Crippen LogP contribution in [0.1, 0.15) is 26.3 Å². The lowest BCUT2D eigenvalue weighted by molar-refractivity contribution is -0.138. The average molecular weight is 290 g/mol. The zero-order chi connectivity index (χ0) is 15.6. The van der Waals surface area contributed by atoms with Gasteiger partial charge in [0.1, 0.15) is 6.04 Å². The Balaban J connectivity index is 2.15. The van der Waals surface area contributed by atoms with Crippen LogP contribution >= 0.6 is 0 Å². The van der Waals surface area contributed by atoms with Crippen molar-refractivity contribution in [3.63, 3.8) is 0 Å². The molecule has 0 aromatic heterocycles. The van der Waals surface area contributed by atoms with E-state index in [1.807, 2.05) is 18.2 Å². The van der Waals surface area contributed by atoms with Crippen molar-refractivity contribution in [3.05, 3.63) is 29.8 Å². The SMILES string of the molecule is CC(C)C(C)CNC(=O)N1c2ccccc2CC1C(=O)O. The highest BCUT2D eigenvalue weighted by molar-refractivity contribution is 6.01. The monoisotopic (exact) mass is 290 g/mol. The number of nitrogens with one attached hydrogen (secondary N) is 1. The number of fused-ring (bicyclic) bond motifs is 1. The Morgan fingerprint density at radius 1 is 1.33 bits per heavy atom. The third-order valence-corrected chi connectivity index (χ3v) is 4.19. The first kappa shape index (κ1) is 15.4. The molecule has 1 aromatic carbocycles. The Morgan fingerprint density at radius 2 is 2.00 bits per heavy atom. The molecule has 1 aliphatic heterocycles. The van der Waals surface area contributed by atoms with Crippen molar-refractivity contribution in [2.45, 2.75) is 33.2 Å². The van der Waals surface area contributed by atoms with Crippen molar-refractivity contribution in [1.82, 2.24) is 5.32 Å². The molecule has 0 spiro atoms. The van der Waals surface area contributed by atoms with Crippen LogP contribution in [0.5, 0.6) is 0 Å². The number of carboxylic acid groups (broad SMARTS) is 1. The van der Waals surface area contributed by atoms with Crippen LogP contribution in [0.4, 0.5) is 10.5 Å². The van der Waals surface area contributed by atoms with Crippen molar-refractivity contribution >= 4 is 17.7 Å². The van der Waals surface area contributed by atoms with Gasteiger partial charge in [-0.15, -0.1) is 0 Å². The van der Waals surface area contributed by atoms with Crippen LogP contribution in [0.15, 0.2) is 24.3 Å². The summed E-state index contributed by atoms with van der Waals surface area (Å²) in [5.74, 6) is -0.167. The maximum absolute atomic E-state index is 12.4. The van der Waals surface area contributed by atoms with E-state index >= 15 is 0 Å². The smallest absolute Gasteiger partial charge is 0.327 e. The molecule has 2 atom stereocenters. The lowest BCUT2D eigenvalue weighted by Gasteiger charge is -2.24. The van der Waals surface area contributed by atoms with E-state index in [0.29, 0.717) is 30.5 Å². The second-order valence-corrected chi connectivity index (χ2v) is 5.96. The average Bonchev–Trinajstić information content (AvgIpc) is 2.83. The largest absolute Gasteiger partial charge is 0.480 e. The van der Waals surface area contributed by atoms with Gasteiger partial charge in [0.2, 0.25) is 0 Å². The number of para-hydroxylation sites is 1. The maximum atomic E-state index is 12.4. The molecular weight excluding hydrogens is 268 g/mol. The Bertz CT molecular complexity index is 542. The summed E-state index contributed by atoms with van der Waals surface area (Å²) in [6.45, 7) is 6.81. The van der Waals surface area contributed by atoms with E-state index in [-0.39, 0.29) is 6.03 Å². The highest BCUT2D eigenvalue weighted by Gasteiger charge is 2.38. The molecular formula is C16H22N2O3. The molecule has 0 bridgehead atoms. The van der Waals surface area contributed by atoms with Gasteiger partial charge in [-0.05, 0) is 23.5 Å². The zero-order valence-corrected chi connectivity index (χ0v) is 12.7. The summed E-state index contributed by atoms with van der Waals surface area (Å²) < 4.78 is 0. The summed E-state index contributed by atoms with van der Waals surface area (Å²) in [6.07, 6.45) is 0.360. The maximum Gasteiger partial charge on any atom is 0.327 e. The van der Waals surface area contributed by atoms with Crippen LogP contribution in [0.2, 0.25) is 0 Å². The molecule has 5 heteroatoms. The normalized spacial score (nSPS) is 18.5. The first-order valence-corrected chi connectivity index (χ1v) is 7.29. The predicted octanol–water partition coefficient (Wildman–Crippen LogP) is 2.50. The summed E-state index contributed by atoms with van der Waals surface area (Å²) in [4.78, 5) is 25.2. The number of anilines is 1. The molecule has 0 saturated heterocycles. The van der Waals surface area contributed by atoms with Crippen LogP contribution in [0, 0.1) is 11.8 Å². The summed E-state index contributed by atoms with van der Waals surface area (Å²) in [7, 11) is 0. The van der Waals surface area contributed by atoms with Crippen LogP contribution in [-0.2, 0) is 11.2 Å². The minimum atomic E-state index is -0.974. The van der Waals surface area contributed by atoms with Gasteiger partial charge in [0.25, 0.3) is 0 Å². The predicted molar refractivity (Wildman–Crippen MR) is 81.4 cm³/mol. The summed E-state index contributed by atoms with van der Waals surface area (Å²) in [5.41, 5.74) is 1.59. The third-order valence-electron chi connectivity index (χ3n) is 4.19. The van der Waals surface area contributed by atoms with Crippen molar-refractivity contribution in [1.29, 1.82) is 0 Å². The van der Waals surface area contributed by atoms with Gasteiger partial charge in [-0.3, -0.25) is 4.90 Å². The molecule has 2 amide bonds. The van der Waals surface area contributed by atoms with Crippen molar-refractivity contribution in [2.75, 3.05) is 11.4 Å². The van der Waals surface area contributed by atoms with E-state index in [0.717, 1.165) is 5.56 Å². The summed E-state index contributed by atoms with van der Waals surface area (Å²) in [6, 6.07) is 6.19. The van der Waals surface area contributed by atoms with Gasteiger partial charge in [-0.25, -0.2) is 9.59 Å². The molecule has 2 N–H and O–H groups in total. The first-order valence-electron chi connectivity index (χ1n) is 7.29. The molecule has 1 aliphatic rings. The minimum Gasteiger partial charge on any atom is -0.480 e. The molecule has 1 heterocycles. The summed E-state index contributed by atoms with van der Waals surface area (Å²) in [5, 5.41) is 12.2. The molecule has 0 fully saturated rings. The number of carbonyl (C=O) groups is 2. The van der Waals surface area contributed by atoms with Crippen LogP contribution in [0.3, 0.4) is 0 Å². The van der Waals surface area contributed by atoms with Crippen molar-refractivity contribution in [3.8, 4) is 0 Å². The molecule has 0 saturated carbocycles. The highest BCUT2D eigenvalue weighted by Crippen LogP contribution is 2.32. The number of urea groups is 1. The van der Waals surface area contributed by atoms with Crippen molar-refractivity contribution < 1.29 is 14.7 Å². The van der Waals surface area contributed by atoms with Gasteiger partial charge in [0, 0.05) is 18.7 Å². The van der Waals surface area contributed by atoms with E-state index in [2.05, 4.69) is 26.1 Å². The van der Waals surface area contributed by atoms with Gasteiger partial charge in [-0.1, -0.05) is 39.0 Å². The minimum absolute atomic E-state index is 0.333. The topological polar surface area (TPSA) is 69.6 Å². The lowest BCUT2D eigenvalue weighted by atomic mass is 9.98. The fourth-order valence-corrected chi connectivity index (χ4v) is 2.40. The van der Waals surface area contributed by atoms with Crippen LogP contribution in [0.25, 0.3) is 0 Å². The molecule has 21 heavy (non-hydrogen) atoms. The molecule has 1 aromatic rings. The third kappa shape index (κ3) is 3.17. The quantitative estimate of drug-likeness (QED) is 0.895. The van der Waals surface area contributed by atoms with Crippen LogP contribution in [-0.4, -0.2) is 29.7 Å². The highest BCUT2D eigenvalue weighted by atomic mass is 16.4. The van der Waals surface area contributed by atoms with Gasteiger partial charge in [0.15, 0.2) is 0 Å². The molecule has 2 rings (SSSR count). The number of carboxylic acids is 1. The number of amides is 2. The van der Waals surface area contributed by atoms with Gasteiger partial charge in [-0.2, -0.15) is 0 Å². The number of benzene rings is 1. The Labute approximate surface area is 125 Å². The number of hydrogen-bond donors (Lipinski definition) is 2. The number of aliphatic carboxylic acids is 1. The fraction of sp³-hybridized carbons (Fsp3) is 0.500. The van der Waals surface area contributed by atoms with E-state index < -0.39 is 12.0 Å². The number of nitrogens with zero attached hydrogens (tertiary/aromatic N) is 1. The Kier molecular flexibility index (Phi) is 4.50. The van der Waals surface area contributed by atoms with Gasteiger partial charge < -0.3 is 10.4 Å². The van der Waals surface area contributed by atoms with Crippen molar-refractivity contribution in [2.24, 2.45) is 11.8 Å². The Hall–Kier alpha value is -2.04. The fourth-order valence-electron chi connectivity index (χ4n) is 2.40. The molecule has 2 unspecified atom stereocenters. The molecule has 114 valence electrons. The van der Waals surface area contributed by atoms with E-state index in [1.54, 1.807) is 6.07 Å². The number of rotatable bonds is 4. The zero-order valence-electron chi connectivity index (χ0n) is 12.7. The van der Waals surface area contributed by atoms with E-state index in [9.17, 15) is 14.7 Å². The molecule has 5 nitrogen and oxygen atoms in total. The van der Waals surface area contributed by atoms with E-state index in [1.165, 1.54) is 4.90 Å². The van der Waals surface area contributed by atoms with E-state index in [4.69, 9.17) is 0 Å². The second-order valence-electron chi connectivity index (χ2n) is 5.96. The first-order chi connectivity index (χ1) is 9.91. The number of carbonyl (C=O) groups excluding carboxylic acids is 1. The lowest BCUT2D eigenvalue weighted by Crippen LogP contribution is -2.49. The van der Waals surface area contributed by atoms with Crippen LogP contribution < -0.4 is 10.2 Å². The van der Waals surface area contributed by atoms with Gasteiger partial charge >= 0.3 is 12.0 Å². The second kappa shape index (κ2) is 6.16. The molecule has 0 radical (unpaired) electrons. The number of hydrogen-bond acceptors (Lipinski definition) is 2. The molecule has 0 aliphatic carbocycles. The summed E-state index contributed by atoms with van der Waals surface area (Å²) >= 11 is 0.